The third-order valence-corrected chi connectivity index (χ3v) is 4.79. The number of quaternary nitrogens is 1. The van der Waals surface area contributed by atoms with E-state index in [9.17, 15) is 4.79 Å². The van der Waals surface area contributed by atoms with E-state index in [1.54, 1.807) is 11.2 Å². The molecule has 0 saturated carbocycles. The molecule has 4 nitrogen and oxygen atoms in total. The molecule has 0 spiro atoms. The standard InChI is InChI=1S/C22H24N2O2/c1-17(18-10-5-3-6-11-18)24(2)21(25)16-23-22(20-14-9-15-26-20)19-12-7-4-8-13-19/h3-15,17,22-23H,16H2,1-2H3/p+1/t17-,22-/m0/s1. The normalized spacial score (nSPS) is 13.2. The van der Waals surface area contributed by atoms with Gasteiger partial charge < -0.3 is 14.6 Å². The summed E-state index contributed by atoms with van der Waals surface area (Å²) >= 11 is 0. The van der Waals surface area contributed by atoms with E-state index in [-0.39, 0.29) is 18.0 Å². The van der Waals surface area contributed by atoms with Crippen LogP contribution in [-0.4, -0.2) is 24.4 Å². The van der Waals surface area contributed by atoms with Crippen molar-refractivity contribution in [2.45, 2.75) is 19.0 Å². The number of rotatable bonds is 7. The Balaban J connectivity index is 1.68. The van der Waals surface area contributed by atoms with E-state index in [2.05, 4.69) is 19.1 Å². The van der Waals surface area contributed by atoms with E-state index in [0.29, 0.717) is 6.54 Å². The maximum absolute atomic E-state index is 12.7. The van der Waals surface area contributed by atoms with E-state index in [0.717, 1.165) is 16.9 Å². The van der Waals surface area contributed by atoms with Crippen molar-refractivity contribution in [3.63, 3.8) is 0 Å². The first kappa shape index (κ1) is 18.0. The Morgan fingerprint density at radius 2 is 1.58 bits per heavy atom. The molecule has 4 heteroatoms. The highest BCUT2D eigenvalue weighted by Gasteiger charge is 2.24. The number of likely N-dealkylation sites (N-methyl/N-ethyl adjacent to an activating group) is 1. The summed E-state index contributed by atoms with van der Waals surface area (Å²) in [6.45, 7) is 2.41. The second kappa shape index (κ2) is 8.50. The third kappa shape index (κ3) is 4.21. The van der Waals surface area contributed by atoms with Gasteiger partial charge in [0.1, 0.15) is 0 Å². The summed E-state index contributed by atoms with van der Waals surface area (Å²) in [6, 6.07) is 24.0. The zero-order valence-electron chi connectivity index (χ0n) is 15.2. The molecule has 0 aliphatic carbocycles. The maximum atomic E-state index is 12.7. The summed E-state index contributed by atoms with van der Waals surface area (Å²) < 4.78 is 5.60. The van der Waals surface area contributed by atoms with Gasteiger partial charge in [-0.15, -0.1) is 0 Å². The molecule has 0 unspecified atom stereocenters. The largest absolute Gasteiger partial charge is 0.463 e. The van der Waals surface area contributed by atoms with E-state index in [1.165, 1.54) is 0 Å². The molecule has 0 saturated heterocycles. The first-order valence-electron chi connectivity index (χ1n) is 8.89. The van der Waals surface area contributed by atoms with Gasteiger partial charge in [-0.1, -0.05) is 60.7 Å². The van der Waals surface area contributed by atoms with Crippen LogP contribution in [0, 0.1) is 0 Å². The smallest absolute Gasteiger partial charge is 0.277 e. The van der Waals surface area contributed by atoms with Gasteiger partial charge in [-0.25, -0.2) is 0 Å². The fraction of sp³-hybridized carbons (Fsp3) is 0.227. The number of nitrogens with zero attached hydrogens (tertiary/aromatic N) is 1. The molecule has 0 bridgehead atoms. The molecule has 1 aromatic heterocycles. The number of furan rings is 1. The van der Waals surface area contributed by atoms with Crippen LogP contribution < -0.4 is 5.32 Å². The maximum Gasteiger partial charge on any atom is 0.277 e. The van der Waals surface area contributed by atoms with E-state index >= 15 is 0 Å². The summed E-state index contributed by atoms with van der Waals surface area (Å²) in [5.74, 6) is 0.941. The summed E-state index contributed by atoms with van der Waals surface area (Å²) in [4.78, 5) is 14.5. The lowest BCUT2D eigenvalue weighted by Gasteiger charge is -2.25. The Morgan fingerprint density at radius 3 is 2.15 bits per heavy atom. The van der Waals surface area contributed by atoms with E-state index in [1.807, 2.05) is 73.0 Å². The van der Waals surface area contributed by atoms with Crippen LogP contribution in [0.5, 0.6) is 0 Å². The molecule has 3 rings (SSSR count). The van der Waals surface area contributed by atoms with Crippen LogP contribution in [0.4, 0.5) is 0 Å². The molecule has 2 atom stereocenters. The third-order valence-electron chi connectivity index (χ3n) is 4.79. The van der Waals surface area contributed by atoms with Crippen molar-refractivity contribution in [2.24, 2.45) is 0 Å². The van der Waals surface area contributed by atoms with Crippen LogP contribution >= 0.6 is 0 Å². The van der Waals surface area contributed by atoms with Crippen molar-refractivity contribution in [3.8, 4) is 0 Å². The van der Waals surface area contributed by atoms with Crippen molar-refractivity contribution < 1.29 is 14.5 Å². The number of carbonyl (C=O) groups excluding carboxylic acids is 1. The second-order valence-electron chi connectivity index (χ2n) is 6.43. The number of benzene rings is 2. The minimum absolute atomic E-state index is 0.0319. The van der Waals surface area contributed by atoms with Crippen LogP contribution in [0.15, 0.2) is 83.5 Å². The Kier molecular flexibility index (Phi) is 5.87. The lowest BCUT2D eigenvalue weighted by Crippen LogP contribution is -2.87. The van der Waals surface area contributed by atoms with Crippen LogP contribution in [0.2, 0.25) is 0 Å². The van der Waals surface area contributed by atoms with Gasteiger partial charge in [0.2, 0.25) is 0 Å². The van der Waals surface area contributed by atoms with Crippen LogP contribution in [0.1, 0.15) is 35.9 Å². The molecule has 2 aromatic carbocycles. The summed E-state index contributed by atoms with van der Waals surface area (Å²) in [5, 5.41) is 2.03. The highest BCUT2D eigenvalue weighted by atomic mass is 16.3. The first-order chi connectivity index (χ1) is 12.7. The molecule has 0 radical (unpaired) electrons. The Morgan fingerprint density at radius 1 is 0.962 bits per heavy atom. The molecule has 134 valence electrons. The van der Waals surface area contributed by atoms with E-state index in [4.69, 9.17) is 4.42 Å². The van der Waals surface area contributed by atoms with Crippen LogP contribution in [0.25, 0.3) is 0 Å². The lowest BCUT2D eigenvalue weighted by atomic mass is 10.0. The summed E-state index contributed by atoms with van der Waals surface area (Å²) in [6.07, 6.45) is 1.67. The molecule has 3 aromatic rings. The van der Waals surface area contributed by atoms with Crippen LogP contribution in [0.3, 0.4) is 0 Å². The molecular weight excluding hydrogens is 324 g/mol. The van der Waals surface area contributed by atoms with Crippen molar-refractivity contribution >= 4 is 5.91 Å². The number of hydrogen-bond acceptors (Lipinski definition) is 2. The zero-order chi connectivity index (χ0) is 18.4. The molecule has 0 fully saturated rings. The monoisotopic (exact) mass is 349 g/mol. The van der Waals surface area contributed by atoms with Gasteiger partial charge in [-0.2, -0.15) is 0 Å². The zero-order valence-corrected chi connectivity index (χ0v) is 15.2. The number of nitrogens with two attached hydrogens (primary N) is 1. The second-order valence-corrected chi connectivity index (χ2v) is 6.43. The predicted octanol–water partition coefficient (Wildman–Crippen LogP) is 3.15. The Labute approximate surface area is 154 Å². The minimum Gasteiger partial charge on any atom is -0.463 e. The van der Waals surface area contributed by atoms with Gasteiger partial charge in [-0.3, -0.25) is 4.79 Å². The molecule has 1 amide bonds. The molecular formula is C22H25N2O2+. The van der Waals surface area contributed by atoms with Gasteiger partial charge in [0.15, 0.2) is 18.3 Å². The van der Waals surface area contributed by atoms with Crippen molar-refractivity contribution in [1.29, 1.82) is 0 Å². The fourth-order valence-electron chi connectivity index (χ4n) is 3.08. The SMILES string of the molecule is C[C@@H](c1ccccc1)N(C)C(=O)C[NH2+][C@@H](c1ccccc1)c1ccco1. The average Bonchev–Trinajstić information content (AvgIpc) is 3.23. The molecule has 0 aliphatic heterocycles. The molecule has 2 N–H and O–H groups in total. The average molecular weight is 349 g/mol. The van der Waals surface area contributed by atoms with Gasteiger partial charge in [-0.05, 0) is 24.6 Å². The highest BCUT2D eigenvalue weighted by molar-refractivity contribution is 5.77. The number of amides is 1. The fourth-order valence-corrected chi connectivity index (χ4v) is 3.08. The van der Waals surface area contributed by atoms with Crippen molar-refractivity contribution in [2.75, 3.05) is 13.6 Å². The van der Waals surface area contributed by atoms with E-state index < -0.39 is 0 Å². The van der Waals surface area contributed by atoms with Crippen molar-refractivity contribution in [3.05, 3.63) is 95.9 Å². The lowest BCUT2D eigenvalue weighted by molar-refractivity contribution is -0.679. The van der Waals surface area contributed by atoms with Crippen LogP contribution in [-0.2, 0) is 4.79 Å². The number of carbonyl (C=O) groups is 1. The topological polar surface area (TPSA) is 50.1 Å². The Hall–Kier alpha value is -2.85. The minimum atomic E-state index is -0.0319. The molecule has 26 heavy (non-hydrogen) atoms. The molecule has 1 heterocycles. The van der Waals surface area contributed by atoms with Gasteiger partial charge in [0.25, 0.3) is 5.91 Å². The number of hydrogen-bond donors (Lipinski definition) is 1. The predicted molar refractivity (Wildman–Crippen MR) is 101 cm³/mol. The quantitative estimate of drug-likeness (QED) is 0.712. The van der Waals surface area contributed by atoms with Gasteiger partial charge >= 0.3 is 0 Å². The highest BCUT2D eigenvalue weighted by Crippen LogP contribution is 2.19. The van der Waals surface area contributed by atoms with Crippen molar-refractivity contribution in [1.82, 2.24) is 4.90 Å². The van der Waals surface area contributed by atoms with Gasteiger partial charge in [0.05, 0.1) is 12.3 Å². The first-order valence-corrected chi connectivity index (χ1v) is 8.89. The van der Waals surface area contributed by atoms with Gasteiger partial charge in [0, 0.05) is 12.6 Å². The molecule has 0 aliphatic rings. The summed E-state index contributed by atoms with van der Waals surface area (Å²) in [5.41, 5.74) is 2.25. The Bertz CT molecular complexity index is 801. The summed E-state index contributed by atoms with van der Waals surface area (Å²) in [7, 11) is 1.86.